The maximum atomic E-state index is 13.3. The van der Waals surface area contributed by atoms with Crippen LogP contribution in [-0.2, 0) is 4.79 Å². The number of benzene rings is 3. The molecule has 1 heterocycles. The summed E-state index contributed by atoms with van der Waals surface area (Å²) in [4.78, 5) is 32.7. The summed E-state index contributed by atoms with van der Waals surface area (Å²) in [6.07, 6.45) is 1.20. The van der Waals surface area contributed by atoms with E-state index in [1.165, 1.54) is 6.33 Å². The van der Waals surface area contributed by atoms with Gasteiger partial charge in [-0.15, -0.1) is 0 Å². The molecule has 0 radical (unpaired) electrons. The lowest BCUT2D eigenvalue weighted by Crippen LogP contribution is -2.35. The highest BCUT2D eigenvalue weighted by Gasteiger charge is 2.26. The van der Waals surface area contributed by atoms with Gasteiger partial charge in [-0.1, -0.05) is 72.8 Å². The van der Waals surface area contributed by atoms with E-state index in [0.29, 0.717) is 5.69 Å². The minimum atomic E-state index is -0.627. The molecule has 1 amide bonds. The largest absolute Gasteiger partial charge is 0.355 e. The molecule has 4 aromatic rings. The lowest BCUT2D eigenvalue weighted by Gasteiger charge is -2.18. The van der Waals surface area contributed by atoms with E-state index in [4.69, 9.17) is 0 Å². The minimum absolute atomic E-state index is 0.0121. The Bertz CT molecular complexity index is 1310. The van der Waals surface area contributed by atoms with Crippen LogP contribution in [0.15, 0.2) is 85.2 Å². The zero-order valence-electron chi connectivity index (χ0n) is 19.2. The Hall–Kier alpha value is -4.79. The van der Waals surface area contributed by atoms with E-state index in [9.17, 15) is 14.9 Å². The fourth-order valence-electron chi connectivity index (χ4n) is 3.73. The van der Waals surface area contributed by atoms with E-state index in [2.05, 4.69) is 26.1 Å². The molecule has 176 valence electrons. The number of rotatable bonds is 8. The van der Waals surface area contributed by atoms with Crippen LogP contribution in [0.25, 0.3) is 0 Å². The van der Waals surface area contributed by atoms with E-state index < -0.39 is 10.8 Å². The molecule has 4 rings (SSSR count). The van der Waals surface area contributed by atoms with Crippen LogP contribution in [0.2, 0.25) is 0 Å². The van der Waals surface area contributed by atoms with Crippen molar-refractivity contribution in [3.05, 3.63) is 118 Å². The first-order valence-corrected chi connectivity index (χ1v) is 10.9. The van der Waals surface area contributed by atoms with Crippen LogP contribution in [0.1, 0.15) is 28.2 Å². The maximum Gasteiger partial charge on any atom is 0.355 e. The van der Waals surface area contributed by atoms with Gasteiger partial charge in [-0.05, 0) is 42.2 Å². The van der Waals surface area contributed by atoms with Gasteiger partial charge in [-0.3, -0.25) is 25.8 Å². The topological polar surface area (TPSA) is 122 Å². The summed E-state index contributed by atoms with van der Waals surface area (Å²) < 4.78 is 0. The van der Waals surface area contributed by atoms with Gasteiger partial charge in [0.15, 0.2) is 0 Å². The number of hydrazine groups is 1. The van der Waals surface area contributed by atoms with Crippen molar-refractivity contribution in [3.8, 4) is 0 Å². The number of aryl methyl sites for hydroxylation is 1. The molecule has 0 unspecified atom stereocenters. The van der Waals surface area contributed by atoms with Crippen LogP contribution < -0.4 is 16.2 Å². The molecule has 0 atom stereocenters. The van der Waals surface area contributed by atoms with Gasteiger partial charge >= 0.3 is 5.69 Å². The number of carbonyl (C=O) groups excluding carboxylic acids is 1. The van der Waals surface area contributed by atoms with E-state index in [1.807, 2.05) is 92.7 Å². The second kappa shape index (κ2) is 10.4. The van der Waals surface area contributed by atoms with E-state index in [-0.39, 0.29) is 23.2 Å². The number of nitro groups is 1. The van der Waals surface area contributed by atoms with E-state index >= 15 is 0 Å². The Morgan fingerprint density at radius 3 is 2.06 bits per heavy atom. The molecule has 0 fully saturated rings. The van der Waals surface area contributed by atoms with Crippen molar-refractivity contribution in [2.75, 3.05) is 10.7 Å². The summed E-state index contributed by atoms with van der Waals surface area (Å²) in [5, 5.41) is 15.0. The van der Waals surface area contributed by atoms with E-state index in [1.54, 1.807) is 0 Å². The Balaban J connectivity index is 1.61. The second-order valence-electron chi connectivity index (χ2n) is 7.92. The molecule has 0 saturated carbocycles. The molecular weight excluding hydrogens is 444 g/mol. The Morgan fingerprint density at radius 1 is 0.857 bits per heavy atom. The molecule has 9 nitrogen and oxygen atoms in total. The number of anilines is 3. The van der Waals surface area contributed by atoms with Crippen LogP contribution in [-0.4, -0.2) is 20.8 Å². The predicted molar refractivity (Wildman–Crippen MR) is 134 cm³/mol. The summed E-state index contributed by atoms with van der Waals surface area (Å²) in [6.45, 7) is 3.87. The third kappa shape index (κ3) is 5.25. The summed E-state index contributed by atoms with van der Waals surface area (Å²) >= 11 is 0. The van der Waals surface area contributed by atoms with Crippen molar-refractivity contribution in [1.29, 1.82) is 0 Å². The normalized spacial score (nSPS) is 10.6. The Morgan fingerprint density at radius 2 is 1.46 bits per heavy atom. The number of hydrogen-bond acceptors (Lipinski definition) is 7. The highest BCUT2D eigenvalue weighted by atomic mass is 16.6. The number of nitrogens with one attached hydrogen (secondary N) is 3. The van der Waals surface area contributed by atoms with Gasteiger partial charge in [0, 0.05) is 5.69 Å². The molecule has 0 saturated heterocycles. The number of nitrogens with zero attached hydrogens (tertiary/aromatic N) is 3. The van der Waals surface area contributed by atoms with Crippen LogP contribution in [0.3, 0.4) is 0 Å². The van der Waals surface area contributed by atoms with Gasteiger partial charge in [0.05, 0.1) is 10.8 Å². The average molecular weight is 469 g/mol. The van der Waals surface area contributed by atoms with Crippen LogP contribution >= 0.6 is 0 Å². The standard InChI is InChI=1S/C26H24N6O3/c1-17-10-9-15-21(18(17)2)29-24-23(32(34)35)25(28-16-27-24)30-31-26(33)22(19-11-5-3-6-12-19)20-13-7-4-8-14-20/h3-16,22H,1-2H3,(H,31,33)(H2,27,28,29,30). The first-order chi connectivity index (χ1) is 17.0. The highest BCUT2D eigenvalue weighted by molar-refractivity contribution is 5.88. The van der Waals surface area contributed by atoms with Crippen molar-refractivity contribution in [2.24, 2.45) is 0 Å². The van der Waals surface area contributed by atoms with Crippen molar-refractivity contribution in [2.45, 2.75) is 19.8 Å². The fraction of sp³-hybridized carbons (Fsp3) is 0.115. The molecule has 0 bridgehead atoms. The minimum Gasteiger partial charge on any atom is -0.334 e. The molecule has 3 aromatic carbocycles. The van der Waals surface area contributed by atoms with Crippen molar-refractivity contribution in [3.63, 3.8) is 0 Å². The molecule has 35 heavy (non-hydrogen) atoms. The molecule has 0 spiro atoms. The zero-order chi connectivity index (χ0) is 24.8. The summed E-state index contributed by atoms with van der Waals surface area (Å²) in [5.74, 6) is -1.14. The van der Waals surface area contributed by atoms with Crippen LogP contribution in [0, 0.1) is 24.0 Å². The van der Waals surface area contributed by atoms with Gasteiger partial charge in [-0.25, -0.2) is 9.97 Å². The van der Waals surface area contributed by atoms with Crippen LogP contribution in [0.4, 0.5) is 23.0 Å². The third-order valence-corrected chi connectivity index (χ3v) is 5.69. The van der Waals surface area contributed by atoms with Gasteiger partial charge in [0.1, 0.15) is 6.33 Å². The van der Waals surface area contributed by atoms with Crippen molar-refractivity contribution < 1.29 is 9.72 Å². The SMILES string of the molecule is Cc1cccc(Nc2ncnc(NNC(=O)C(c3ccccc3)c3ccccc3)c2[N+](=O)[O-])c1C. The number of hydrogen-bond donors (Lipinski definition) is 3. The number of carbonyl (C=O) groups is 1. The molecule has 9 heteroatoms. The second-order valence-corrected chi connectivity index (χ2v) is 7.92. The van der Waals surface area contributed by atoms with Gasteiger partial charge in [-0.2, -0.15) is 0 Å². The molecule has 0 aliphatic heterocycles. The fourth-order valence-corrected chi connectivity index (χ4v) is 3.73. The third-order valence-electron chi connectivity index (χ3n) is 5.69. The number of aromatic nitrogens is 2. The molecule has 3 N–H and O–H groups in total. The molecule has 0 aliphatic carbocycles. The van der Waals surface area contributed by atoms with Crippen molar-refractivity contribution in [1.82, 2.24) is 15.4 Å². The van der Waals surface area contributed by atoms with Gasteiger partial charge < -0.3 is 5.32 Å². The lowest BCUT2D eigenvalue weighted by atomic mass is 9.91. The average Bonchev–Trinajstić information content (AvgIpc) is 2.87. The van der Waals surface area contributed by atoms with Crippen LogP contribution in [0.5, 0.6) is 0 Å². The first-order valence-electron chi connectivity index (χ1n) is 10.9. The van der Waals surface area contributed by atoms with Gasteiger partial charge in [0.25, 0.3) is 0 Å². The predicted octanol–water partition coefficient (Wildman–Crippen LogP) is 5.02. The Labute approximate surface area is 202 Å². The summed E-state index contributed by atoms with van der Waals surface area (Å²) in [7, 11) is 0. The molecule has 1 aromatic heterocycles. The summed E-state index contributed by atoms with van der Waals surface area (Å²) in [5.41, 5.74) is 9.07. The maximum absolute atomic E-state index is 13.3. The highest BCUT2D eigenvalue weighted by Crippen LogP contribution is 2.32. The Kier molecular flexibility index (Phi) is 6.96. The van der Waals surface area contributed by atoms with E-state index in [0.717, 1.165) is 22.3 Å². The summed E-state index contributed by atoms with van der Waals surface area (Å²) in [6, 6.07) is 24.2. The first kappa shape index (κ1) is 23.4. The lowest BCUT2D eigenvalue weighted by molar-refractivity contribution is -0.383. The number of amides is 1. The van der Waals surface area contributed by atoms with Gasteiger partial charge in [0.2, 0.25) is 17.5 Å². The molecular formula is C26H24N6O3. The molecule has 0 aliphatic rings. The monoisotopic (exact) mass is 468 g/mol. The quantitative estimate of drug-likeness (QED) is 0.245. The van der Waals surface area contributed by atoms with Crippen molar-refractivity contribution >= 4 is 28.9 Å². The smallest absolute Gasteiger partial charge is 0.334 e. The zero-order valence-corrected chi connectivity index (χ0v) is 19.2.